The summed E-state index contributed by atoms with van der Waals surface area (Å²) in [4.78, 5) is 0. The fraction of sp³-hybridized carbons (Fsp3) is 1.00. The average molecular weight is 621 g/mol. The first-order chi connectivity index (χ1) is 13.7. The fourth-order valence-corrected chi connectivity index (χ4v) is 2.91. The van der Waals surface area contributed by atoms with Gasteiger partial charge in [0.25, 0.3) is 11.3 Å². The first-order valence-electron chi connectivity index (χ1n) is 7.19. The van der Waals surface area contributed by atoms with Gasteiger partial charge >= 0.3 is 47.4 Å². The summed E-state index contributed by atoms with van der Waals surface area (Å²) in [5.41, 5.74) is -17.3. The van der Waals surface area contributed by atoms with Crippen LogP contribution in [0.5, 0.6) is 0 Å². The lowest BCUT2D eigenvalue weighted by Gasteiger charge is -2.63. The maximum Gasteiger partial charge on any atom is 0.382 e. The van der Waals surface area contributed by atoms with Crippen LogP contribution >= 0.6 is 23.2 Å². The van der Waals surface area contributed by atoms with Gasteiger partial charge in [0.05, 0.1) is 0 Å². The third kappa shape index (κ3) is 3.26. The Labute approximate surface area is 188 Å². The first kappa shape index (κ1) is 38.6. The maximum atomic E-state index is 14.2. The minimum absolute atomic E-state index is 0. The molecule has 2 fully saturated rings. The van der Waals surface area contributed by atoms with Crippen LogP contribution in [0.3, 0.4) is 0 Å². The lowest BCUT2D eigenvalue weighted by molar-refractivity contribution is -0.560. The van der Waals surface area contributed by atoms with Crippen LogP contribution in [0.4, 0.5) is 93.1 Å². The van der Waals surface area contributed by atoms with Gasteiger partial charge in [-0.1, -0.05) is 0 Å². The smallest absolute Gasteiger partial charge is 0.269 e. The third-order valence-corrected chi connectivity index (χ3v) is 5.21. The molecule has 0 aromatic carbocycles. The van der Waals surface area contributed by atoms with Crippen molar-refractivity contribution in [3.8, 4) is 0 Å². The minimum Gasteiger partial charge on any atom is -0.269 e. The summed E-state index contributed by atoms with van der Waals surface area (Å²) in [5.74, 6) is -65.7. The molecule has 0 spiro atoms. The van der Waals surface area contributed by atoms with Crippen molar-refractivity contribution in [3.05, 3.63) is 0 Å². The average Bonchev–Trinajstić information content (AvgIpc) is 2.63. The van der Waals surface area contributed by atoms with Crippen LogP contribution in [0.25, 0.3) is 0 Å². The molecule has 0 aromatic heterocycles. The number of fused-ring (bicyclic) bond motifs is 1. The van der Waals surface area contributed by atoms with E-state index < -0.39 is 58.7 Å². The third-order valence-electron chi connectivity index (χ3n) is 4.64. The van der Waals surface area contributed by atoms with E-state index in [1.54, 1.807) is 0 Å². The molecule has 35 heavy (non-hydrogen) atoms. The van der Waals surface area contributed by atoms with Gasteiger partial charge < -0.3 is 0 Å². The van der Waals surface area contributed by atoms with Crippen molar-refractivity contribution in [2.24, 2.45) is 0 Å². The van der Waals surface area contributed by atoms with Crippen LogP contribution in [0.2, 0.25) is 0 Å². The van der Waals surface area contributed by atoms with Crippen molar-refractivity contribution < 1.29 is 93.1 Å². The number of rotatable bonds is 1. The molecule has 0 atom stereocenters. The van der Waals surface area contributed by atoms with E-state index in [2.05, 4.69) is 0 Å². The summed E-state index contributed by atoms with van der Waals surface area (Å²) in [7, 11) is 0. The van der Waals surface area contributed by atoms with E-state index in [4.69, 9.17) is 23.2 Å². The van der Waals surface area contributed by atoms with E-state index in [9.17, 15) is 79.0 Å². The second-order valence-electron chi connectivity index (χ2n) is 6.29. The van der Waals surface area contributed by atoms with Gasteiger partial charge in [-0.2, -0.15) is 70.2 Å². The quantitative estimate of drug-likeness (QED) is 0.211. The minimum atomic E-state index is -8.64. The molecule has 216 valence electrons. The molecule has 0 amide bonds. The van der Waals surface area contributed by atoms with E-state index in [1.165, 1.54) is 0 Å². The van der Waals surface area contributed by atoms with E-state index >= 15 is 0 Å². The van der Waals surface area contributed by atoms with Crippen LogP contribution in [-0.2, 0) is 0 Å². The zero-order valence-corrected chi connectivity index (χ0v) is 16.7. The van der Waals surface area contributed by atoms with Crippen molar-refractivity contribution in [1.29, 1.82) is 0 Å². The molecule has 2 aliphatic rings. The number of alkyl halides is 20. The summed E-state index contributed by atoms with van der Waals surface area (Å²) < 4.78 is 241. The van der Waals surface area contributed by atoms with Crippen molar-refractivity contribution in [3.63, 3.8) is 0 Å². The Bertz CT molecular complexity index is 631. The molecule has 0 aromatic rings. The molecule has 2 aliphatic carbocycles. The van der Waals surface area contributed by atoms with E-state index in [0.29, 0.717) is 11.8 Å². The summed E-state index contributed by atoms with van der Waals surface area (Å²) in [6, 6.07) is 0. The van der Waals surface area contributed by atoms with Crippen molar-refractivity contribution in [2.75, 3.05) is 11.8 Å². The van der Waals surface area contributed by atoms with E-state index in [0.717, 1.165) is 0 Å². The molecule has 0 bridgehead atoms. The van der Waals surface area contributed by atoms with Crippen LogP contribution < -0.4 is 0 Å². The summed E-state index contributed by atoms with van der Waals surface area (Å²) >= 11 is 10.1. The molecule has 2 saturated carbocycles. The highest BCUT2D eigenvalue weighted by Gasteiger charge is 3.15. The SMILES string of the molecule is ClCCCl.F.F.F.FC1(F)C(F)(F)C(F)(F)C2(F)C(F)(F)C(F)(F)C(F)(F)C(F)(F)C2(F)C1(F)F. The Morgan fingerprint density at radius 1 is 0.286 bits per heavy atom. The predicted octanol–water partition coefficient (Wildman–Crippen LogP) is 7.43. The zero-order chi connectivity index (χ0) is 26.4. The number of hydrogen-bond donors (Lipinski definition) is 0. The molecule has 0 heterocycles. The monoisotopic (exact) mass is 620 g/mol. The molecule has 23 heteroatoms. The second-order valence-corrected chi connectivity index (χ2v) is 7.05. The van der Waals surface area contributed by atoms with Gasteiger partial charge in [-0.05, 0) is 0 Å². The highest BCUT2D eigenvalue weighted by Crippen LogP contribution is 2.81. The summed E-state index contributed by atoms with van der Waals surface area (Å²) in [6.45, 7) is 0. The molecular weight excluding hydrogens is 614 g/mol. The Morgan fingerprint density at radius 2 is 0.400 bits per heavy atom. The molecule has 0 nitrogen and oxygen atoms in total. The molecular formula is C12H7Cl2F21. The Hall–Kier alpha value is -0.890. The lowest BCUT2D eigenvalue weighted by Crippen LogP contribution is -2.98. The van der Waals surface area contributed by atoms with Crippen LogP contribution in [-0.4, -0.2) is 70.5 Å². The molecule has 0 radical (unpaired) electrons. The topological polar surface area (TPSA) is 0 Å². The highest BCUT2D eigenvalue weighted by atomic mass is 35.5. The Morgan fingerprint density at radius 3 is 0.486 bits per heavy atom. The number of hydrogen-bond acceptors (Lipinski definition) is 0. The van der Waals surface area contributed by atoms with Crippen LogP contribution in [0.15, 0.2) is 0 Å². The predicted molar refractivity (Wildman–Crippen MR) is 76.2 cm³/mol. The molecule has 0 saturated heterocycles. The first-order valence-corrected chi connectivity index (χ1v) is 8.26. The van der Waals surface area contributed by atoms with Gasteiger partial charge in [0.1, 0.15) is 0 Å². The van der Waals surface area contributed by atoms with E-state index in [1.807, 2.05) is 0 Å². The van der Waals surface area contributed by atoms with Crippen LogP contribution in [0, 0.1) is 0 Å². The fourth-order valence-electron chi connectivity index (χ4n) is 2.91. The Balaban J connectivity index is -0.00000136. The summed E-state index contributed by atoms with van der Waals surface area (Å²) in [6.07, 6.45) is 0. The van der Waals surface area contributed by atoms with Crippen molar-refractivity contribution in [2.45, 2.75) is 58.7 Å². The molecule has 0 aliphatic heterocycles. The maximum absolute atomic E-state index is 14.2. The largest absolute Gasteiger partial charge is 0.382 e. The normalized spacial score (nSPS) is 35.3. The standard InChI is InChI=1S/C10F18.C2H4Cl2.3FH/c11-1-2(12,5(17,18)9(25,26)7(21,22)3(1,13)14)6(19,20)10(27,28)8(23,24)4(1,15)16;3-1-2-4;;;/h;1-2H2;3*1H. The highest BCUT2D eigenvalue weighted by molar-refractivity contribution is 6.25. The van der Waals surface area contributed by atoms with Crippen LogP contribution in [0.1, 0.15) is 0 Å². The zero-order valence-electron chi connectivity index (χ0n) is 15.2. The van der Waals surface area contributed by atoms with Gasteiger partial charge in [0, 0.05) is 11.8 Å². The Kier molecular flexibility index (Phi) is 10.1. The lowest BCUT2D eigenvalue weighted by atomic mass is 9.54. The van der Waals surface area contributed by atoms with Crippen molar-refractivity contribution >= 4 is 23.2 Å². The van der Waals surface area contributed by atoms with Gasteiger partial charge in [-0.25, -0.2) is 8.78 Å². The number of halogens is 23. The van der Waals surface area contributed by atoms with Gasteiger partial charge in [0.2, 0.25) is 0 Å². The molecule has 0 unspecified atom stereocenters. The van der Waals surface area contributed by atoms with Gasteiger partial charge in [0.15, 0.2) is 0 Å². The van der Waals surface area contributed by atoms with Gasteiger partial charge in [-0.15, -0.1) is 23.2 Å². The molecule has 2 rings (SSSR count). The van der Waals surface area contributed by atoms with Gasteiger partial charge in [-0.3, -0.25) is 14.1 Å². The van der Waals surface area contributed by atoms with Crippen molar-refractivity contribution in [1.82, 2.24) is 0 Å². The second kappa shape index (κ2) is 9.14. The summed E-state index contributed by atoms with van der Waals surface area (Å²) in [5, 5.41) is 0. The van der Waals surface area contributed by atoms with E-state index in [-0.39, 0.29) is 14.1 Å². The molecule has 0 N–H and O–H groups in total.